The molecule has 0 saturated heterocycles. The average Bonchev–Trinajstić information content (AvgIpc) is 3.62. The highest BCUT2D eigenvalue weighted by molar-refractivity contribution is 7.27. The summed E-state index contributed by atoms with van der Waals surface area (Å²) in [5, 5.41) is 7.40. The monoisotopic (exact) mass is 554 g/mol. The van der Waals surface area contributed by atoms with Gasteiger partial charge in [0, 0.05) is 47.5 Å². The maximum absolute atomic E-state index is 5.17. The summed E-state index contributed by atoms with van der Waals surface area (Å²) >= 11 is 1.85. The van der Waals surface area contributed by atoms with Gasteiger partial charge in [0.2, 0.25) is 5.95 Å². The van der Waals surface area contributed by atoms with Crippen molar-refractivity contribution in [2.24, 2.45) is 0 Å². The van der Waals surface area contributed by atoms with Crippen molar-refractivity contribution < 1.29 is 0 Å². The molecule has 0 bridgehead atoms. The summed E-state index contributed by atoms with van der Waals surface area (Å²) in [6.07, 6.45) is 0. The lowest BCUT2D eigenvalue weighted by molar-refractivity contribution is 0.955. The third kappa shape index (κ3) is 3.38. The van der Waals surface area contributed by atoms with Crippen LogP contribution < -0.4 is 0 Å². The maximum Gasteiger partial charge on any atom is 0.238 e. The molecule has 9 rings (SSSR count). The van der Waals surface area contributed by atoms with E-state index < -0.39 is 0 Å². The molecule has 0 atom stereocenters. The third-order valence-electron chi connectivity index (χ3n) is 8.04. The molecule has 4 nitrogen and oxygen atoms in total. The average molecular weight is 555 g/mol. The van der Waals surface area contributed by atoms with Crippen LogP contribution >= 0.6 is 11.3 Å². The van der Waals surface area contributed by atoms with Crippen LogP contribution in [-0.2, 0) is 0 Å². The lowest BCUT2D eigenvalue weighted by Crippen LogP contribution is -2.06. The Morgan fingerprint density at radius 3 is 1.69 bits per heavy atom. The molecule has 0 N–H and O–H groups in total. The molecule has 0 aliphatic heterocycles. The number of hydrogen-bond donors (Lipinski definition) is 0. The highest BCUT2D eigenvalue weighted by Crippen LogP contribution is 2.47. The number of fused-ring (bicyclic) bond motifs is 10. The van der Waals surface area contributed by atoms with Gasteiger partial charge in [-0.05, 0) is 17.5 Å². The highest BCUT2D eigenvalue weighted by Gasteiger charge is 2.23. The van der Waals surface area contributed by atoms with Crippen LogP contribution in [0.1, 0.15) is 0 Å². The molecule has 0 aliphatic carbocycles. The van der Waals surface area contributed by atoms with Crippen molar-refractivity contribution in [2.45, 2.75) is 0 Å². The van der Waals surface area contributed by atoms with Gasteiger partial charge in [0.25, 0.3) is 0 Å². The Kier molecular flexibility index (Phi) is 5.03. The van der Waals surface area contributed by atoms with E-state index in [-0.39, 0.29) is 0 Å². The van der Waals surface area contributed by atoms with Gasteiger partial charge >= 0.3 is 0 Å². The van der Waals surface area contributed by atoms with Crippen molar-refractivity contribution in [2.75, 3.05) is 0 Å². The molecule has 0 aliphatic rings. The zero-order valence-electron chi connectivity index (χ0n) is 22.4. The molecule has 0 radical (unpaired) electrons. The van der Waals surface area contributed by atoms with E-state index in [1.807, 2.05) is 47.7 Å². The Bertz CT molecular complexity index is 2400. The minimum absolute atomic E-state index is 0.612. The molecule has 6 aromatic carbocycles. The molecule has 3 heterocycles. The number of benzene rings is 6. The fraction of sp³-hybridized carbons (Fsp3) is 0. The largest absolute Gasteiger partial charge is 0.277 e. The van der Waals surface area contributed by atoms with E-state index in [2.05, 4.69) is 102 Å². The summed E-state index contributed by atoms with van der Waals surface area (Å²) in [7, 11) is 0. The molecule has 196 valence electrons. The first-order chi connectivity index (χ1) is 20.8. The van der Waals surface area contributed by atoms with Gasteiger partial charge in [-0.2, -0.15) is 9.97 Å². The topological polar surface area (TPSA) is 43.6 Å². The van der Waals surface area contributed by atoms with Gasteiger partial charge in [-0.1, -0.05) is 121 Å². The third-order valence-corrected chi connectivity index (χ3v) is 9.24. The Labute approximate surface area is 245 Å². The van der Waals surface area contributed by atoms with Gasteiger partial charge in [0.05, 0.1) is 11.0 Å². The van der Waals surface area contributed by atoms with Crippen molar-refractivity contribution in [1.29, 1.82) is 0 Å². The Balaban J connectivity index is 1.51. The maximum atomic E-state index is 5.17. The number of aromatic nitrogens is 4. The zero-order valence-corrected chi connectivity index (χ0v) is 23.2. The molecule has 9 aromatic rings. The smallest absolute Gasteiger partial charge is 0.238 e. The van der Waals surface area contributed by atoms with E-state index in [1.54, 1.807) is 0 Å². The molecule has 0 saturated carbocycles. The molecule has 0 amide bonds. The second-order valence-electron chi connectivity index (χ2n) is 10.4. The summed E-state index contributed by atoms with van der Waals surface area (Å²) in [4.78, 5) is 15.3. The van der Waals surface area contributed by atoms with Crippen LogP contribution in [0.5, 0.6) is 0 Å². The Morgan fingerprint density at radius 1 is 0.452 bits per heavy atom. The second-order valence-corrected chi connectivity index (χ2v) is 11.5. The van der Waals surface area contributed by atoms with Crippen LogP contribution in [0, 0.1) is 0 Å². The second kappa shape index (κ2) is 9.06. The van der Waals surface area contributed by atoms with Crippen LogP contribution in [0.2, 0.25) is 0 Å². The molecule has 3 aromatic heterocycles. The normalized spacial score (nSPS) is 11.8. The fourth-order valence-corrected chi connectivity index (χ4v) is 7.47. The van der Waals surface area contributed by atoms with Crippen molar-refractivity contribution >= 4 is 64.1 Å². The Hall–Kier alpha value is -5.39. The molecular formula is C37H22N4S. The van der Waals surface area contributed by atoms with E-state index in [1.165, 1.54) is 41.7 Å². The van der Waals surface area contributed by atoms with E-state index in [9.17, 15) is 0 Å². The lowest BCUT2D eigenvalue weighted by Gasteiger charge is -2.12. The summed E-state index contributed by atoms with van der Waals surface area (Å²) in [6, 6.07) is 46.4. The van der Waals surface area contributed by atoms with Crippen LogP contribution in [0.4, 0.5) is 0 Å². The predicted octanol–water partition coefficient (Wildman–Crippen LogP) is 9.82. The number of thiophene rings is 1. The zero-order chi connectivity index (χ0) is 27.6. The first-order valence-electron chi connectivity index (χ1n) is 14.0. The molecule has 0 spiro atoms. The number of rotatable bonds is 3. The van der Waals surface area contributed by atoms with E-state index in [4.69, 9.17) is 15.0 Å². The first-order valence-corrected chi connectivity index (χ1v) is 14.8. The van der Waals surface area contributed by atoms with Crippen molar-refractivity contribution in [1.82, 2.24) is 19.5 Å². The number of para-hydroxylation sites is 1. The van der Waals surface area contributed by atoms with E-state index >= 15 is 0 Å². The van der Waals surface area contributed by atoms with Crippen LogP contribution in [0.15, 0.2) is 133 Å². The van der Waals surface area contributed by atoms with Crippen LogP contribution in [0.25, 0.3) is 81.5 Å². The summed E-state index contributed by atoms with van der Waals surface area (Å²) in [6.45, 7) is 0. The van der Waals surface area contributed by atoms with E-state index in [0.717, 1.165) is 22.2 Å². The SMILES string of the molecule is c1ccc(-c2nc(-c3ccccc3)nc(-n3c4ccccc4c4c5ccccc5c5sc6ccccc6c5c43)n2)cc1. The molecule has 0 fully saturated rings. The van der Waals surface area contributed by atoms with Crippen molar-refractivity contribution in [3.05, 3.63) is 133 Å². The van der Waals surface area contributed by atoms with E-state index in [0.29, 0.717) is 17.6 Å². The van der Waals surface area contributed by atoms with Crippen molar-refractivity contribution in [3.8, 4) is 28.7 Å². The van der Waals surface area contributed by atoms with Gasteiger partial charge in [-0.3, -0.25) is 4.57 Å². The van der Waals surface area contributed by atoms with Gasteiger partial charge in [0.1, 0.15) is 0 Å². The van der Waals surface area contributed by atoms with Crippen LogP contribution in [-0.4, -0.2) is 19.5 Å². The standard InChI is InChI=1S/C37H22N4S/c1-3-13-23(14-4-1)35-38-36(24-15-5-2-6-16-24)40-37(39-35)41-29-21-11-9-19-27(29)31-25-17-7-8-18-26(25)34-32(33(31)41)28-20-10-12-22-30(28)42-34/h1-22H. The summed E-state index contributed by atoms with van der Waals surface area (Å²) in [5.41, 5.74) is 4.11. The van der Waals surface area contributed by atoms with Crippen molar-refractivity contribution in [3.63, 3.8) is 0 Å². The van der Waals surface area contributed by atoms with Gasteiger partial charge in [-0.15, -0.1) is 11.3 Å². The number of nitrogens with zero attached hydrogens (tertiary/aromatic N) is 4. The number of hydrogen-bond acceptors (Lipinski definition) is 4. The molecule has 0 unspecified atom stereocenters. The summed E-state index contributed by atoms with van der Waals surface area (Å²) < 4.78 is 4.82. The fourth-order valence-electron chi connectivity index (χ4n) is 6.22. The highest BCUT2D eigenvalue weighted by atomic mass is 32.1. The Morgan fingerprint density at radius 2 is 1.00 bits per heavy atom. The summed E-state index contributed by atoms with van der Waals surface area (Å²) in [5.74, 6) is 1.91. The predicted molar refractivity (Wildman–Crippen MR) is 175 cm³/mol. The van der Waals surface area contributed by atoms with Gasteiger partial charge in [-0.25, -0.2) is 4.98 Å². The minimum Gasteiger partial charge on any atom is -0.277 e. The first kappa shape index (κ1) is 23.3. The molecule has 42 heavy (non-hydrogen) atoms. The van der Waals surface area contributed by atoms with Gasteiger partial charge < -0.3 is 0 Å². The van der Waals surface area contributed by atoms with Crippen LogP contribution in [0.3, 0.4) is 0 Å². The van der Waals surface area contributed by atoms with Gasteiger partial charge in [0.15, 0.2) is 11.6 Å². The molecule has 5 heteroatoms. The molecular weight excluding hydrogens is 533 g/mol. The lowest BCUT2D eigenvalue weighted by atomic mass is 10.00. The minimum atomic E-state index is 0.612. The quantitative estimate of drug-likeness (QED) is 0.218.